The molecule has 0 aliphatic rings. The molecule has 0 spiro atoms. The fraction of sp³-hybridized carbons (Fsp3) is 0.520. The number of aliphatic hydroxyl groups excluding tert-OH is 1. The number of hydrazine groups is 1. The van der Waals surface area contributed by atoms with Crippen molar-refractivity contribution < 1.29 is 5.11 Å². The van der Waals surface area contributed by atoms with Gasteiger partial charge in [-0.15, -0.1) is 0 Å². The van der Waals surface area contributed by atoms with Gasteiger partial charge in [0.15, 0.2) is 0 Å². The Hall–Kier alpha value is -1.88. The molecule has 29 heavy (non-hydrogen) atoms. The van der Waals surface area contributed by atoms with Crippen LogP contribution in [0.5, 0.6) is 0 Å². The maximum atomic E-state index is 10.6. The van der Waals surface area contributed by atoms with Gasteiger partial charge in [-0.05, 0) is 62.4 Å². The van der Waals surface area contributed by atoms with E-state index >= 15 is 0 Å². The molecule has 0 bridgehead atoms. The van der Waals surface area contributed by atoms with Crippen molar-refractivity contribution in [3.8, 4) is 0 Å². The Morgan fingerprint density at radius 1 is 0.862 bits per heavy atom. The Labute approximate surface area is 177 Å². The standard InChI is InChI=1S/C25H39N3O/c1-6-27(19-24(29)16-15-23-14-9-8-11-20(23)3)17-18-28(7-2)26-25-21(4)12-10-13-22(25)5/h8-14,24,26,29H,6-7,15-19H2,1-5H3. The van der Waals surface area contributed by atoms with Crippen LogP contribution in [-0.4, -0.2) is 53.8 Å². The fourth-order valence-electron chi connectivity index (χ4n) is 3.68. The lowest BCUT2D eigenvalue weighted by Gasteiger charge is -2.29. The van der Waals surface area contributed by atoms with Crippen molar-refractivity contribution in [3.05, 3.63) is 64.7 Å². The number of rotatable bonds is 12. The second-order valence-corrected chi connectivity index (χ2v) is 7.97. The number of benzene rings is 2. The summed E-state index contributed by atoms with van der Waals surface area (Å²) in [6, 6.07) is 14.8. The van der Waals surface area contributed by atoms with Gasteiger partial charge in [0, 0.05) is 26.2 Å². The zero-order chi connectivity index (χ0) is 21.2. The van der Waals surface area contributed by atoms with Crippen LogP contribution in [0.3, 0.4) is 0 Å². The minimum Gasteiger partial charge on any atom is -0.392 e. The number of nitrogens with one attached hydrogen (secondary N) is 1. The summed E-state index contributed by atoms with van der Waals surface area (Å²) >= 11 is 0. The molecule has 0 heterocycles. The maximum Gasteiger partial charge on any atom is 0.0670 e. The van der Waals surface area contributed by atoms with E-state index in [2.05, 4.69) is 92.4 Å². The quantitative estimate of drug-likeness (QED) is 0.514. The summed E-state index contributed by atoms with van der Waals surface area (Å²) in [6.45, 7) is 15.2. The van der Waals surface area contributed by atoms with Crippen LogP contribution in [0.2, 0.25) is 0 Å². The van der Waals surface area contributed by atoms with Crippen molar-refractivity contribution >= 4 is 5.69 Å². The highest BCUT2D eigenvalue weighted by molar-refractivity contribution is 5.55. The van der Waals surface area contributed by atoms with E-state index in [1.807, 2.05) is 0 Å². The molecule has 1 unspecified atom stereocenters. The maximum absolute atomic E-state index is 10.6. The summed E-state index contributed by atoms with van der Waals surface area (Å²) < 4.78 is 0. The average Bonchev–Trinajstić information content (AvgIpc) is 2.71. The van der Waals surface area contributed by atoms with E-state index in [0.717, 1.165) is 45.6 Å². The van der Waals surface area contributed by atoms with Crippen LogP contribution in [0.25, 0.3) is 0 Å². The number of likely N-dealkylation sites (N-methyl/N-ethyl adjacent to an activating group) is 2. The minimum absolute atomic E-state index is 0.295. The van der Waals surface area contributed by atoms with Gasteiger partial charge < -0.3 is 10.5 Å². The van der Waals surface area contributed by atoms with E-state index in [9.17, 15) is 5.11 Å². The first kappa shape index (κ1) is 23.4. The lowest BCUT2D eigenvalue weighted by atomic mass is 10.0. The second-order valence-electron chi connectivity index (χ2n) is 7.97. The Kier molecular flexibility index (Phi) is 9.65. The first-order chi connectivity index (χ1) is 13.9. The highest BCUT2D eigenvalue weighted by Crippen LogP contribution is 2.20. The molecule has 2 N–H and O–H groups in total. The molecule has 0 amide bonds. The van der Waals surface area contributed by atoms with Gasteiger partial charge in [0.1, 0.15) is 0 Å². The summed E-state index contributed by atoms with van der Waals surface area (Å²) in [5.41, 5.74) is 9.98. The lowest BCUT2D eigenvalue weighted by molar-refractivity contribution is 0.103. The van der Waals surface area contributed by atoms with E-state index in [4.69, 9.17) is 0 Å². The normalized spacial score (nSPS) is 12.6. The van der Waals surface area contributed by atoms with Crippen LogP contribution in [0.15, 0.2) is 42.5 Å². The van der Waals surface area contributed by atoms with Gasteiger partial charge >= 0.3 is 0 Å². The molecule has 0 aromatic heterocycles. The Morgan fingerprint density at radius 3 is 2.14 bits per heavy atom. The lowest BCUT2D eigenvalue weighted by Crippen LogP contribution is -2.41. The summed E-state index contributed by atoms with van der Waals surface area (Å²) in [7, 11) is 0. The zero-order valence-electron chi connectivity index (χ0n) is 18.9. The van der Waals surface area contributed by atoms with Gasteiger partial charge in [-0.2, -0.15) is 0 Å². The summed E-state index contributed by atoms with van der Waals surface area (Å²) in [5.74, 6) is 0. The fourth-order valence-corrected chi connectivity index (χ4v) is 3.68. The molecule has 1 atom stereocenters. The summed E-state index contributed by atoms with van der Waals surface area (Å²) in [4.78, 5) is 2.34. The van der Waals surface area contributed by atoms with E-state index in [1.54, 1.807) is 0 Å². The molecular formula is C25H39N3O. The van der Waals surface area contributed by atoms with Gasteiger partial charge in [-0.1, -0.05) is 56.3 Å². The summed E-state index contributed by atoms with van der Waals surface area (Å²) in [6.07, 6.45) is 1.44. The van der Waals surface area contributed by atoms with Crippen LogP contribution in [0.1, 0.15) is 42.5 Å². The Balaban J connectivity index is 1.82. The topological polar surface area (TPSA) is 38.7 Å². The summed E-state index contributed by atoms with van der Waals surface area (Å²) in [5, 5.41) is 12.8. The number of anilines is 1. The molecule has 4 nitrogen and oxygen atoms in total. The number of hydrogen-bond acceptors (Lipinski definition) is 4. The third kappa shape index (κ3) is 7.46. The number of aliphatic hydroxyl groups is 1. The van der Waals surface area contributed by atoms with E-state index in [0.29, 0.717) is 0 Å². The van der Waals surface area contributed by atoms with Gasteiger partial charge in [-0.3, -0.25) is 4.90 Å². The third-order valence-electron chi connectivity index (χ3n) is 5.74. The minimum atomic E-state index is -0.295. The van der Waals surface area contributed by atoms with Crippen LogP contribution in [0, 0.1) is 20.8 Å². The highest BCUT2D eigenvalue weighted by atomic mass is 16.3. The van der Waals surface area contributed by atoms with Gasteiger partial charge in [0.2, 0.25) is 0 Å². The molecule has 0 fully saturated rings. The number of nitrogens with zero attached hydrogens (tertiary/aromatic N) is 2. The van der Waals surface area contributed by atoms with E-state index in [1.165, 1.54) is 27.9 Å². The third-order valence-corrected chi connectivity index (χ3v) is 5.74. The number of hydrogen-bond donors (Lipinski definition) is 2. The van der Waals surface area contributed by atoms with Crippen LogP contribution >= 0.6 is 0 Å². The predicted octanol–water partition coefficient (Wildman–Crippen LogP) is 4.58. The van der Waals surface area contributed by atoms with Crippen molar-refractivity contribution in [3.63, 3.8) is 0 Å². The second kappa shape index (κ2) is 12.0. The van der Waals surface area contributed by atoms with Crippen molar-refractivity contribution in [2.24, 2.45) is 0 Å². The SMILES string of the molecule is CCN(CCN(CC)Nc1c(C)cccc1C)CC(O)CCc1ccccc1C. The van der Waals surface area contributed by atoms with Crippen molar-refractivity contribution in [2.75, 3.05) is 38.1 Å². The molecule has 0 aliphatic carbocycles. The van der Waals surface area contributed by atoms with Gasteiger partial charge in [0.05, 0.1) is 11.8 Å². The van der Waals surface area contributed by atoms with Gasteiger partial charge in [0.25, 0.3) is 0 Å². The molecular weight excluding hydrogens is 358 g/mol. The Morgan fingerprint density at radius 2 is 1.52 bits per heavy atom. The molecule has 2 aromatic carbocycles. The van der Waals surface area contributed by atoms with Crippen molar-refractivity contribution in [2.45, 2.75) is 53.6 Å². The van der Waals surface area contributed by atoms with Crippen molar-refractivity contribution in [1.82, 2.24) is 9.91 Å². The van der Waals surface area contributed by atoms with Gasteiger partial charge in [-0.25, -0.2) is 5.01 Å². The van der Waals surface area contributed by atoms with Crippen LogP contribution in [0.4, 0.5) is 5.69 Å². The monoisotopic (exact) mass is 397 g/mol. The number of para-hydroxylation sites is 1. The molecule has 2 rings (SSSR count). The highest BCUT2D eigenvalue weighted by Gasteiger charge is 2.13. The van der Waals surface area contributed by atoms with E-state index in [-0.39, 0.29) is 6.10 Å². The largest absolute Gasteiger partial charge is 0.392 e. The molecule has 0 saturated heterocycles. The Bertz CT molecular complexity index is 726. The molecule has 4 heteroatoms. The first-order valence-electron chi connectivity index (χ1n) is 11.0. The van der Waals surface area contributed by atoms with Crippen LogP contribution < -0.4 is 5.43 Å². The predicted molar refractivity (Wildman–Crippen MR) is 124 cm³/mol. The molecule has 2 aromatic rings. The zero-order valence-corrected chi connectivity index (χ0v) is 18.9. The number of aryl methyl sites for hydroxylation is 4. The smallest absolute Gasteiger partial charge is 0.0670 e. The molecule has 0 radical (unpaired) electrons. The molecule has 0 saturated carbocycles. The molecule has 160 valence electrons. The first-order valence-corrected chi connectivity index (χ1v) is 11.0. The van der Waals surface area contributed by atoms with Crippen LogP contribution in [-0.2, 0) is 6.42 Å². The van der Waals surface area contributed by atoms with E-state index < -0.39 is 0 Å². The molecule has 0 aliphatic heterocycles. The van der Waals surface area contributed by atoms with Crippen molar-refractivity contribution in [1.29, 1.82) is 0 Å². The average molecular weight is 398 g/mol.